The highest BCUT2D eigenvalue weighted by molar-refractivity contribution is 5.90. The molecule has 11 heteroatoms. The van der Waals surface area contributed by atoms with E-state index in [0.717, 1.165) is 29.1 Å². The Morgan fingerprint density at radius 3 is 2.53 bits per heavy atom. The number of hydrogen-bond donors (Lipinski definition) is 1. The predicted molar refractivity (Wildman–Crippen MR) is 100 cm³/mol. The maximum atomic E-state index is 13.6. The lowest BCUT2D eigenvalue weighted by molar-refractivity contribution is -0.116. The Morgan fingerprint density at radius 1 is 1.07 bits per heavy atom. The maximum Gasteiger partial charge on any atom is 0.283 e. The third kappa shape index (κ3) is 3.90. The molecule has 0 aliphatic rings. The van der Waals surface area contributed by atoms with Crippen LogP contribution in [0.5, 0.6) is 0 Å². The van der Waals surface area contributed by atoms with Gasteiger partial charge in [0, 0.05) is 6.07 Å². The van der Waals surface area contributed by atoms with Gasteiger partial charge in [0.15, 0.2) is 11.2 Å². The van der Waals surface area contributed by atoms with Crippen LogP contribution in [0.3, 0.4) is 0 Å². The van der Waals surface area contributed by atoms with Gasteiger partial charge in [-0.3, -0.25) is 14.2 Å². The number of halogens is 3. The Kier molecular flexibility index (Phi) is 5.00. The lowest BCUT2D eigenvalue weighted by Crippen LogP contribution is -2.28. The number of nitrogens with zero attached hydrogens (tertiary/aromatic N) is 5. The van der Waals surface area contributed by atoms with Crippen LogP contribution in [0.15, 0.2) is 53.6 Å². The second-order valence-electron chi connectivity index (χ2n) is 6.40. The molecule has 1 N–H and O–H groups in total. The Morgan fingerprint density at radius 2 is 1.80 bits per heavy atom. The number of carbonyl (C=O) groups is 1. The van der Waals surface area contributed by atoms with Crippen molar-refractivity contribution in [3.05, 3.63) is 82.2 Å². The zero-order valence-corrected chi connectivity index (χ0v) is 15.2. The second-order valence-corrected chi connectivity index (χ2v) is 6.40. The third-order valence-electron chi connectivity index (χ3n) is 4.21. The fourth-order valence-corrected chi connectivity index (χ4v) is 2.89. The first-order valence-corrected chi connectivity index (χ1v) is 8.68. The van der Waals surface area contributed by atoms with Crippen LogP contribution in [0.1, 0.15) is 5.56 Å². The van der Waals surface area contributed by atoms with E-state index in [1.807, 2.05) is 0 Å². The molecule has 0 aliphatic carbocycles. The Labute approximate surface area is 166 Å². The number of nitrogens with one attached hydrogen (secondary N) is 1. The van der Waals surface area contributed by atoms with Gasteiger partial charge in [0.2, 0.25) is 5.91 Å². The van der Waals surface area contributed by atoms with Crippen LogP contribution in [0.2, 0.25) is 0 Å². The Balaban J connectivity index is 1.57. The SMILES string of the molecule is O=C(Cn1cnc2c(nnn2Cc2cc(F)cc(F)c2)c1=O)Nc1ccccc1F. The molecule has 0 fully saturated rings. The molecule has 4 rings (SSSR count). The molecule has 0 saturated heterocycles. The number of para-hydroxylation sites is 1. The molecule has 4 aromatic rings. The molecule has 8 nitrogen and oxygen atoms in total. The number of rotatable bonds is 5. The molecule has 0 spiro atoms. The molecule has 30 heavy (non-hydrogen) atoms. The average molecular weight is 414 g/mol. The lowest BCUT2D eigenvalue weighted by Gasteiger charge is -2.08. The van der Waals surface area contributed by atoms with Gasteiger partial charge in [-0.05, 0) is 29.8 Å². The standard InChI is InChI=1S/C19H13F3N6O2/c20-12-5-11(6-13(21)7-12)8-28-18-17(25-26-28)19(30)27(10-23-18)9-16(29)24-15-4-2-1-3-14(15)22/h1-7,10H,8-9H2,(H,24,29). The van der Waals surface area contributed by atoms with Crippen LogP contribution in [-0.2, 0) is 17.9 Å². The van der Waals surface area contributed by atoms with Crippen molar-refractivity contribution in [1.82, 2.24) is 24.5 Å². The molecular weight excluding hydrogens is 401 g/mol. The number of benzene rings is 2. The predicted octanol–water partition coefficient (Wildman–Crippen LogP) is 2.09. The lowest BCUT2D eigenvalue weighted by atomic mass is 10.2. The molecule has 2 heterocycles. The number of hydrogen-bond acceptors (Lipinski definition) is 5. The summed E-state index contributed by atoms with van der Waals surface area (Å²) in [5.74, 6) is -2.73. The first kappa shape index (κ1) is 19.3. The third-order valence-corrected chi connectivity index (χ3v) is 4.21. The van der Waals surface area contributed by atoms with Crippen molar-refractivity contribution >= 4 is 22.8 Å². The summed E-state index contributed by atoms with van der Waals surface area (Å²) >= 11 is 0. The largest absolute Gasteiger partial charge is 0.322 e. The summed E-state index contributed by atoms with van der Waals surface area (Å²) in [6, 6.07) is 8.62. The maximum absolute atomic E-state index is 13.6. The molecule has 0 unspecified atom stereocenters. The van der Waals surface area contributed by atoms with E-state index in [2.05, 4.69) is 20.6 Å². The van der Waals surface area contributed by atoms with Crippen LogP contribution in [0.4, 0.5) is 18.9 Å². The van der Waals surface area contributed by atoms with Crippen LogP contribution in [0, 0.1) is 17.5 Å². The van der Waals surface area contributed by atoms with E-state index in [9.17, 15) is 22.8 Å². The van der Waals surface area contributed by atoms with E-state index in [-0.39, 0.29) is 29.0 Å². The number of anilines is 1. The molecule has 2 aromatic heterocycles. The van der Waals surface area contributed by atoms with E-state index in [0.29, 0.717) is 0 Å². The monoisotopic (exact) mass is 414 g/mol. The van der Waals surface area contributed by atoms with E-state index in [1.54, 1.807) is 6.07 Å². The first-order chi connectivity index (χ1) is 14.4. The second kappa shape index (κ2) is 7.78. The quantitative estimate of drug-likeness (QED) is 0.540. The number of fused-ring (bicyclic) bond motifs is 1. The highest BCUT2D eigenvalue weighted by atomic mass is 19.1. The van der Waals surface area contributed by atoms with Gasteiger partial charge >= 0.3 is 0 Å². The smallest absolute Gasteiger partial charge is 0.283 e. The molecule has 0 aliphatic heterocycles. The van der Waals surface area contributed by atoms with Crippen LogP contribution in [-0.4, -0.2) is 30.5 Å². The van der Waals surface area contributed by atoms with Crippen molar-refractivity contribution in [2.75, 3.05) is 5.32 Å². The molecular formula is C19H13F3N6O2. The fraction of sp³-hybridized carbons (Fsp3) is 0.105. The Hall–Kier alpha value is -4.02. The molecule has 2 aromatic carbocycles. The highest BCUT2D eigenvalue weighted by Gasteiger charge is 2.15. The minimum absolute atomic E-state index is 0.0159. The summed E-state index contributed by atoms with van der Waals surface area (Å²) in [7, 11) is 0. The van der Waals surface area contributed by atoms with Gasteiger partial charge < -0.3 is 5.32 Å². The van der Waals surface area contributed by atoms with Crippen LogP contribution in [0.25, 0.3) is 11.2 Å². The summed E-state index contributed by atoms with van der Waals surface area (Å²) in [6.45, 7) is -0.479. The molecule has 1 amide bonds. The van der Waals surface area contributed by atoms with Crippen molar-refractivity contribution in [3.8, 4) is 0 Å². The van der Waals surface area contributed by atoms with Gasteiger partial charge in [-0.25, -0.2) is 22.8 Å². The summed E-state index contributed by atoms with van der Waals surface area (Å²) < 4.78 is 42.6. The van der Waals surface area contributed by atoms with E-state index in [4.69, 9.17) is 0 Å². The van der Waals surface area contributed by atoms with E-state index < -0.39 is 35.5 Å². The minimum atomic E-state index is -0.745. The van der Waals surface area contributed by atoms with Gasteiger partial charge in [0.1, 0.15) is 30.3 Å². The van der Waals surface area contributed by atoms with Gasteiger partial charge in [0.25, 0.3) is 5.56 Å². The van der Waals surface area contributed by atoms with Crippen molar-refractivity contribution in [1.29, 1.82) is 0 Å². The summed E-state index contributed by atoms with van der Waals surface area (Å²) in [5.41, 5.74) is -0.406. The minimum Gasteiger partial charge on any atom is -0.322 e. The van der Waals surface area contributed by atoms with Gasteiger partial charge in [0.05, 0.1) is 12.2 Å². The number of aromatic nitrogens is 5. The van der Waals surface area contributed by atoms with Crippen LogP contribution >= 0.6 is 0 Å². The Bertz CT molecular complexity index is 1300. The molecule has 0 radical (unpaired) electrons. The fourth-order valence-electron chi connectivity index (χ4n) is 2.89. The van der Waals surface area contributed by atoms with E-state index >= 15 is 0 Å². The highest BCUT2D eigenvalue weighted by Crippen LogP contribution is 2.13. The average Bonchev–Trinajstić information content (AvgIpc) is 3.08. The number of amides is 1. The summed E-state index contributed by atoms with van der Waals surface area (Å²) in [5, 5.41) is 9.94. The molecule has 0 atom stereocenters. The zero-order chi connectivity index (χ0) is 21.3. The van der Waals surface area contributed by atoms with Crippen molar-refractivity contribution < 1.29 is 18.0 Å². The van der Waals surface area contributed by atoms with Crippen LogP contribution < -0.4 is 10.9 Å². The number of carbonyl (C=O) groups excluding carboxylic acids is 1. The van der Waals surface area contributed by atoms with Gasteiger partial charge in [-0.1, -0.05) is 17.3 Å². The summed E-state index contributed by atoms with van der Waals surface area (Å²) in [4.78, 5) is 28.8. The zero-order valence-electron chi connectivity index (χ0n) is 15.2. The van der Waals surface area contributed by atoms with Gasteiger partial charge in [-0.2, -0.15) is 0 Å². The van der Waals surface area contributed by atoms with E-state index in [1.165, 1.54) is 22.9 Å². The van der Waals surface area contributed by atoms with Crippen molar-refractivity contribution in [2.45, 2.75) is 13.1 Å². The van der Waals surface area contributed by atoms with Gasteiger partial charge in [-0.15, -0.1) is 5.10 Å². The van der Waals surface area contributed by atoms with Crippen molar-refractivity contribution in [3.63, 3.8) is 0 Å². The summed E-state index contributed by atoms with van der Waals surface area (Å²) in [6.07, 6.45) is 1.12. The molecule has 152 valence electrons. The van der Waals surface area contributed by atoms with Crippen molar-refractivity contribution in [2.24, 2.45) is 0 Å². The molecule has 0 bridgehead atoms. The molecule has 0 saturated carbocycles. The first-order valence-electron chi connectivity index (χ1n) is 8.68. The topological polar surface area (TPSA) is 94.7 Å². The normalized spacial score (nSPS) is 11.0.